The Morgan fingerprint density at radius 3 is 2.84 bits per heavy atom. The zero-order chi connectivity index (χ0) is 13.8. The monoisotopic (exact) mass is 282 g/mol. The van der Waals surface area contributed by atoms with E-state index in [1.165, 1.54) is 30.8 Å². The number of hydrogen-bond donors (Lipinski definition) is 3. The summed E-state index contributed by atoms with van der Waals surface area (Å²) in [5.41, 5.74) is 6.28. The Bertz CT molecular complexity index is 440. The molecule has 1 fully saturated rings. The average Bonchev–Trinajstić information content (AvgIpc) is 2.62. The van der Waals surface area contributed by atoms with Crippen LogP contribution in [0.3, 0.4) is 0 Å². The van der Waals surface area contributed by atoms with Crippen molar-refractivity contribution in [1.82, 2.24) is 9.69 Å². The van der Waals surface area contributed by atoms with Crippen molar-refractivity contribution in [2.24, 2.45) is 5.92 Å². The smallest absolute Gasteiger partial charge is 0.258 e. The number of carbonyl (C=O) groups excluding carboxylic acids is 1. The predicted molar refractivity (Wildman–Crippen MR) is 79.6 cm³/mol. The standard InChI is InChI=1S/C13H22N4OS/c1-8(2)16-12(18)10-11(14)17-19-13(10)15-7-6-9-4-3-5-9/h8-9,15H,3-7H2,1-2H3,(H2,14,17)(H,16,18). The van der Waals surface area contributed by atoms with Gasteiger partial charge in [0.25, 0.3) is 5.91 Å². The van der Waals surface area contributed by atoms with Crippen LogP contribution in [-0.4, -0.2) is 22.9 Å². The minimum absolute atomic E-state index is 0.0922. The number of nitrogen functional groups attached to an aromatic ring is 1. The van der Waals surface area contributed by atoms with Crippen LogP contribution in [0.4, 0.5) is 10.8 Å². The highest BCUT2D eigenvalue weighted by molar-refractivity contribution is 7.11. The van der Waals surface area contributed by atoms with E-state index in [1.807, 2.05) is 13.8 Å². The summed E-state index contributed by atoms with van der Waals surface area (Å²) in [6.45, 7) is 4.74. The molecule has 0 unspecified atom stereocenters. The van der Waals surface area contributed by atoms with Crippen molar-refractivity contribution in [3.05, 3.63) is 5.56 Å². The molecule has 4 N–H and O–H groups in total. The number of nitrogens with two attached hydrogens (primary N) is 1. The molecule has 0 saturated heterocycles. The molecule has 0 spiro atoms. The van der Waals surface area contributed by atoms with E-state index in [4.69, 9.17) is 5.73 Å². The maximum Gasteiger partial charge on any atom is 0.258 e. The first-order valence-corrected chi connectivity index (χ1v) is 7.65. The topological polar surface area (TPSA) is 80.0 Å². The van der Waals surface area contributed by atoms with Gasteiger partial charge in [0.05, 0.1) is 0 Å². The first-order chi connectivity index (χ1) is 9.08. The zero-order valence-corrected chi connectivity index (χ0v) is 12.3. The number of aromatic nitrogens is 1. The Hall–Kier alpha value is -1.30. The van der Waals surface area contributed by atoms with E-state index in [0.29, 0.717) is 11.4 Å². The van der Waals surface area contributed by atoms with Gasteiger partial charge in [-0.2, -0.15) is 4.37 Å². The molecule has 5 nitrogen and oxygen atoms in total. The van der Waals surface area contributed by atoms with E-state index in [0.717, 1.165) is 23.9 Å². The normalized spacial score (nSPS) is 15.3. The molecule has 1 aromatic heterocycles. The quantitative estimate of drug-likeness (QED) is 0.749. The Balaban J connectivity index is 1.93. The Labute approximate surface area is 118 Å². The van der Waals surface area contributed by atoms with Crippen LogP contribution in [0.2, 0.25) is 0 Å². The van der Waals surface area contributed by atoms with Gasteiger partial charge in [0.1, 0.15) is 10.6 Å². The van der Waals surface area contributed by atoms with Gasteiger partial charge in [0.15, 0.2) is 5.82 Å². The summed E-state index contributed by atoms with van der Waals surface area (Å²) in [7, 11) is 0. The van der Waals surface area contributed by atoms with E-state index in [9.17, 15) is 4.79 Å². The van der Waals surface area contributed by atoms with Gasteiger partial charge in [-0.3, -0.25) is 4.79 Å². The lowest BCUT2D eigenvalue weighted by Crippen LogP contribution is -2.31. The van der Waals surface area contributed by atoms with Crippen LogP contribution in [0.1, 0.15) is 49.9 Å². The fraction of sp³-hybridized carbons (Fsp3) is 0.692. The van der Waals surface area contributed by atoms with Crippen LogP contribution in [-0.2, 0) is 0 Å². The van der Waals surface area contributed by atoms with Gasteiger partial charge in [0, 0.05) is 12.6 Å². The van der Waals surface area contributed by atoms with E-state index in [1.54, 1.807) is 0 Å². The van der Waals surface area contributed by atoms with Gasteiger partial charge in [-0.15, -0.1) is 0 Å². The highest BCUT2D eigenvalue weighted by Crippen LogP contribution is 2.30. The molecule has 1 aliphatic carbocycles. The van der Waals surface area contributed by atoms with Crippen LogP contribution >= 0.6 is 11.5 Å². The van der Waals surface area contributed by atoms with Gasteiger partial charge in [-0.25, -0.2) is 0 Å². The van der Waals surface area contributed by atoms with Crippen molar-refractivity contribution >= 4 is 28.3 Å². The third-order valence-corrected chi connectivity index (χ3v) is 4.25. The van der Waals surface area contributed by atoms with Crippen molar-refractivity contribution < 1.29 is 4.79 Å². The molecule has 1 saturated carbocycles. The SMILES string of the molecule is CC(C)NC(=O)c1c(N)nsc1NCCC1CCC1. The van der Waals surface area contributed by atoms with E-state index in [2.05, 4.69) is 15.0 Å². The van der Waals surface area contributed by atoms with Crippen LogP contribution < -0.4 is 16.4 Å². The number of carbonyl (C=O) groups is 1. The van der Waals surface area contributed by atoms with Gasteiger partial charge in [0.2, 0.25) is 0 Å². The van der Waals surface area contributed by atoms with Gasteiger partial charge >= 0.3 is 0 Å². The molecule has 1 heterocycles. The minimum Gasteiger partial charge on any atom is -0.382 e. The van der Waals surface area contributed by atoms with Crippen molar-refractivity contribution in [2.75, 3.05) is 17.6 Å². The number of rotatable bonds is 6. The molecule has 1 aliphatic rings. The molecule has 0 atom stereocenters. The van der Waals surface area contributed by atoms with Gasteiger partial charge in [-0.05, 0) is 37.7 Å². The molecular formula is C13H22N4OS. The summed E-state index contributed by atoms with van der Waals surface area (Å²) in [6, 6.07) is 0.0922. The lowest BCUT2D eigenvalue weighted by atomic mass is 9.83. The highest BCUT2D eigenvalue weighted by Gasteiger charge is 2.21. The predicted octanol–water partition coefficient (Wildman–Crippen LogP) is 2.47. The van der Waals surface area contributed by atoms with Crippen molar-refractivity contribution in [3.8, 4) is 0 Å². The molecule has 19 heavy (non-hydrogen) atoms. The summed E-state index contributed by atoms with van der Waals surface area (Å²) in [5.74, 6) is 1.02. The maximum absolute atomic E-state index is 12.1. The van der Waals surface area contributed by atoms with E-state index < -0.39 is 0 Å². The van der Waals surface area contributed by atoms with Crippen LogP contribution in [0, 0.1) is 5.92 Å². The lowest BCUT2D eigenvalue weighted by Gasteiger charge is -2.25. The van der Waals surface area contributed by atoms with Crippen molar-refractivity contribution in [2.45, 2.75) is 45.6 Å². The molecule has 0 bridgehead atoms. The number of amides is 1. The summed E-state index contributed by atoms with van der Waals surface area (Å²) in [5, 5.41) is 6.95. The summed E-state index contributed by atoms with van der Waals surface area (Å²) in [6.07, 6.45) is 5.20. The number of nitrogens with zero attached hydrogens (tertiary/aromatic N) is 1. The summed E-state index contributed by atoms with van der Waals surface area (Å²) >= 11 is 1.26. The number of nitrogens with one attached hydrogen (secondary N) is 2. The Kier molecular flexibility index (Phi) is 4.63. The summed E-state index contributed by atoms with van der Waals surface area (Å²) < 4.78 is 4.07. The second kappa shape index (κ2) is 6.23. The molecule has 6 heteroatoms. The number of anilines is 2. The van der Waals surface area contributed by atoms with Crippen LogP contribution in [0.15, 0.2) is 0 Å². The second-order valence-corrected chi connectivity index (χ2v) is 6.19. The molecule has 106 valence electrons. The second-order valence-electron chi connectivity index (χ2n) is 5.41. The lowest BCUT2D eigenvalue weighted by molar-refractivity contribution is 0.0945. The Morgan fingerprint density at radius 1 is 1.53 bits per heavy atom. The van der Waals surface area contributed by atoms with Gasteiger partial charge in [-0.1, -0.05) is 19.3 Å². The molecular weight excluding hydrogens is 260 g/mol. The molecule has 0 aromatic carbocycles. The third kappa shape index (κ3) is 3.59. The first-order valence-electron chi connectivity index (χ1n) is 6.87. The van der Waals surface area contributed by atoms with Crippen molar-refractivity contribution in [3.63, 3.8) is 0 Å². The molecule has 0 radical (unpaired) electrons. The Morgan fingerprint density at radius 2 is 2.26 bits per heavy atom. The zero-order valence-electron chi connectivity index (χ0n) is 11.5. The highest BCUT2D eigenvalue weighted by atomic mass is 32.1. The molecule has 1 amide bonds. The minimum atomic E-state index is -0.146. The fourth-order valence-corrected chi connectivity index (χ4v) is 2.88. The molecule has 1 aromatic rings. The fourth-order valence-electron chi connectivity index (χ4n) is 2.15. The van der Waals surface area contributed by atoms with Crippen molar-refractivity contribution in [1.29, 1.82) is 0 Å². The number of hydrogen-bond acceptors (Lipinski definition) is 5. The van der Waals surface area contributed by atoms with Crippen LogP contribution in [0.25, 0.3) is 0 Å². The molecule has 2 rings (SSSR count). The average molecular weight is 282 g/mol. The largest absolute Gasteiger partial charge is 0.382 e. The van der Waals surface area contributed by atoms with E-state index >= 15 is 0 Å². The first kappa shape index (κ1) is 14.1. The maximum atomic E-state index is 12.1. The summed E-state index contributed by atoms with van der Waals surface area (Å²) in [4.78, 5) is 12.1. The molecule has 0 aliphatic heterocycles. The third-order valence-electron chi connectivity index (χ3n) is 3.43. The van der Waals surface area contributed by atoms with Crippen LogP contribution in [0.5, 0.6) is 0 Å². The van der Waals surface area contributed by atoms with Gasteiger partial charge < -0.3 is 16.4 Å². The van der Waals surface area contributed by atoms with E-state index in [-0.39, 0.29) is 11.9 Å².